The van der Waals surface area contributed by atoms with Crippen molar-refractivity contribution in [3.63, 3.8) is 0 Å². The average molecular weight is 430 g/mol. The van der Waals surface area contributed by atoms with Gasteiger partial charge in [-0.2, -0.15) is 9.41 Å². The number of nitrogens with zero attached hydrogens (tertiary/aromatic N) is 2. The molecule has 0 heterocycles. The van der Waals surface area contributed by atoms with Gasteiger partial charge in [0.1, 0.15) is 5.75 Å². The Labute approximate surface area is 167 Å². The number of hydrazone groups is 1. The van der Waals surface area contributed by atoms with Gasteiger partial charge in [-0.05, 0) is 35.9 Å². The van der Waals surface area contributed by atoms with E-state index >= 15 is 0 Å². The molecule has 27 heavy (non-hydrogen) atoms. The minimum Gasteiger partial charge on any atom is -0.495 e. The van der Waals surface area contributed by atoms with E-state index in [0.29, 0.717) is 16.3 Å². The van der Waals surface area contributed by atoms with Crippen molar-refractivity contribution < 1.29 is 17.9 Å². The van der Waals surface area contributed by atoms with Gasteiger partial charge in [-0.25, -0.2) is 13.8 Å². The third kappa shape index (κ3) is 5.67. The minimum absolute atomic E-state index is 0.0500. The number of rotatable bonds is 7. The number of sulfonamides is 1. The van der Waals surface area contributed by atoms with Crippen molar-refractivity contribution in [3.05, 3.63) is 58.1 Å². The second kappa shape index (κ2) is 9.18. The van der Waals surface area contributed by atoms with E-state index in [1.54, 1.807) is 24.3 Å². The van der Waals surface area contributed by atoms with Crippen LogP contribution in [0.5, 0.6) is 5.75 Å². The van der Waals surface area contributed by atoms with Gasteiger partial charge >= 0.3 is 0 Å². The van der Waals surface area contributed by atoms with Crippen LogP contribution in [0.2, 0.25) is 10.0 Å². The maximum atomic E-state index is 12.5. The fourth-order valence-corrected chi connectivity index (χ4v) is 3.75. The summed E-state index contributed by atoms with van der Waals surface area (Å²) in [5.74, 6) is -0.245. The lowest BCUT2D eigenvalue weighted by atomic mass is 10.2. The topological polar surface area (TPSA) is 88.1 Å². The van der Waals surface area contributed by atoms with Gasteiger partial charge in [0.25, 0.3) is 5.91 Å². The Morgan fingerprint density at radius 2 is 2.00 bits per heavy atom. The lowest BCUT2D eigenvalue weighted by Crippen LogP contribution is -2.36. The van der Waals surface area contributed by atoms with Crippen LogP contribution in [0.15, 0.2) is 52.5 Å². The molecule has 0 saturated heterocycles. The Kier molecular flexibility index (Phi) is 7.20. The van der Waals surface area contributed by atoms with E-state index in [4.69, 9.17) is 27.9 Å². The SMILES string of the molecule is COc1ccc(S(=O)(=O)N(C)CC(=O)N/N=C\c2cccc(Cl)c2)cc1Cl. The van der Waals surface area contributed by atoms with Crippen LogP contribution in [0.1, 0.15) is 5.56 Å². The molecule has 0 bridgehead atoms. The van der Waals surface area contributed by atoms with Crippen LogP contribution in [0.4, 0.5) is 0 Å². The maximum absolute atomic E-state index is 12.5. The molecule has 7 nitrogen and oxygen atoms in total. The zero-order chi connectivity index (χ0) is 20.0. The number of likely N-dealkylation sites (N-methyl/N-ethyl adjacent to an activating group) is 1. The summed E-state index contributed by atoms with van der Waals surface area (Å²) >= 11 is 11.8. The maximum Gasteiger partial charge on any atom is 0.255 e. The molecule has 0 aliphatic rings. The molecule has 0 aliphatic carbocycles. The lowest BCUT2D eigenvalue weighted by Gasteiger charge is -2.16. The van der Waals surface area contributed by atoms with Gasteiger partial charge in [-0.1, -0.05) is 35.3 Å². The lowest BCUT2D eigenvalue weighted by molar-refractivity contribution is -0.121. The molecule has 0 aromatic heterocycles. The van der Waals surface area contributed by atoms with Crippen LogP contribution in [0, 0.1) is 0 Å². The quantitative estimate of drug-likeness (QED) is 0.541. The van der Waals surface area contributed by atoms with Crippen LogP contribution in [0.25, 0.3) is 0 Å². The number of methoxy groups -OCH3 is 1. The predicted molar refractivity (Wildman–Crippen MR) is 105 cm³/mol. The van der Waals surface area contributed by atoms with Gasteiger partial charge in [-0.15, -0.1) is 0 Å². The molecule has 0 spiro atoms. The highest BCUT2D eigenvalue weighted by molar-refractivity contribution is 7.89. The fraction of sp³-hybridized carbons (Fsp3) is 0.176. The number of hydrogen-bond donors (Lipinski definition) is 1. The summed E-state index contributed by atoms with van der Waals surface area (Å²) < 4.78 is 31.0. The second-order valence-electron chi connectivity index (χ2n) is 5.41. The van der Waals surface area contributed by atoms with E-state index < -0.39 is 22.5 Å². The van der Waals surface area contributed by atoms with Crippen molar-refractivity contribution in [1.82, 2.24) is 9.73 Å². The molecule has 2 aromatic rings. The van der Waals surface area contributed by atoms with E-state index in [9.17, 15) is 13.2 Å². The molecular weight excluding hydrogens is 413 g/mol. The highest BCUT2D eigenvalue weighted by Gasteiger charge is 2.23. The summed E-state index contributed by atoms with van der Waals surface area (Å²) in [6, 6.07) is 10.9. The molecule has 1 amide bonds. The first-order chi connectivity index (χ1) is 12.7. The van der Waals surface area contributed by atoms with Gasteiger partial charge in [-0.3, -0.25) is 4.79 Å². The Hall–Kier alpha value is -2.13. The summed E-state index contributed by atoms with van der Waals surface area (Å²) in [6.45, 7) is -0.418. The van der Waals surface area contributed by atoms with Gasteiger partial charge in [0.05, 0.1) is 29.8 Å². The number of carbonyl (C=O) groups is 1. The average Bonchev–Trinajstić information content (AvgIpc) is 2.61. The number of hydrogen-bond acceptors (Lipinski definition) is 5. The first-order valence-corrected chi connectivity index (χ1v) is 9.81. The van der Waals surface area contributed by atoms with Crippen LogP contribution in [-0.4, -0.2) is 45.5 Å². The summed E-state index contributed by atoms with van der Waals surface area (Å²) in [4.78, 5) is 11.9. The predicted octanol–water partition coefficient (Wildman–Crippen LogP) is 2.77. The minimum atomic E-state index is -3.90. The summed E-state index contributed by atoms with van der Waals surface area (Å²) in [7, 11) is -1.19. The first-order valence-electron chi connectivity index (χ1n) is 7.61. The Bertz CT molecular complexity index is 964. The van der Waals surface area contributed by atoms with Gasteiger partial charge in [0.15, 0.2) is 0 Å². The zero-order valence-corrected chi connectivity index (χ0v) is 16.8. The van der Waals surface area contributed by atoms with Gasteiger partial charge in [0, 0.05) is 12.1 Å². The molecule has 0 radical (unpaired) electrons. The Morgan fingerprint density at radius 3 is 2.63 bits per heavy atom. The molecule has 0 atom stereocenters. The van der Waals surface area contributed by atoms with Gasteiger partial charge in [0.2, 0.25) is 10.0 Å². The molecule has 2 rings (SSSR count). The van der Waals surface area contributed by atoms with E-state index in [1.165, 1.54) is 38.6 Å². The Morgan fingerprint density at radius 1 is 1.26 bits per heavy atom. The summed E-state index contributed by atoms with van der Waals surface area (Å²) in [6.07, 6.45) is 1.40. The number of halogens is 2. The van der Waals surface area contributed by atoms with Crippen molar-refractivity contribution in [2.24, 2.45) is 5.10 Å². The molecule has 0 fully saturated rings. The van der Waals surface area contributed by atoms with Crippen LogP contribution < -0.4 is 10.2 Å². The van der Waals surface area contributed by atoms with Crippen molar-refractivity contribution in [1.29, 1.82) is 0 Å². The van der Waals surface area contributed by atoms with E-state index in [2.05, 4.69) is 10.5 Å². The van der Waals surface area contributed by atoms with Crippen LogP contribution in [0.3, 0.4) is 0 Å². The van der Waals surface area contributed by atoms with Crippen molar-refractivity contribution in [2.45, 2.75) is 4.90 Å². The van der Waals surface area contributed by atoms with E-state index in [-0.39, 0.29) is 9.92 Å². The normalized spacial score (nSPS) is 11.7. The molecule has 0 unspecified atom stereocenters. The Balaban J connectivity index is 2.01. The van der Waals surface area contributed by atoms with E-state index in [1.807, 2.05) is 0 Å². The van der Waals surface area contributed by atoms with E-state index in [0.717, 1.165) is 4.31 Å². The van der Waals surface area contributed by atoms with Crippen LogP contribution >= 0.6 is 23.2 Å². The molecule has 0 saturated carbocycles. The molecule has 1 N–H and O–H groups in total. The number of amides is 1. The highest BCUT2D eigenvalue weighted by atomic mass is 35.5. The monoisotopic (exact) mass is 429 g/mol. The second-order valence-corrected chi connectivity index (χ2v) is 8.29. The number of carbonyl (C=O) groups excluding carboxylic acids is 1. The largest absolute Gasteiger partial charge is 0.495 e. The highest BCUT2D eigenvalue weighted by Crippen LogP contribution is 2.27. The number of nitrogens with one attached hydrogen (secondary N) is 1. The first kappa shape index (κ1) is 21.2. The van der Waals surface area contributed by atoms with Crippen molar-refractivity contribution >= 4 is 45.3 Å². The fourth-order valence-electron chi connectivity index (χ4n) is 2.08. The van der Waals surface area contributed by atoms with Gasteiger partial charge < -0.3 is 4.74 Å². The smallest absolute Gasteiger partial charge is 0.255 e. The summed E-state index contributed by atoms with van der Waals surface area (Å²) in [5.41, 5.74) is 2.96. The molecule has 2 aromatic carbocycles. The standard InChI is InChI=1S/C17H17Cl2N3O4S/c1-22(27(24,25)14-6-7-16(26-2)15(19)9-14)11-17(23)21-20-10-12-4-3-5-13(18)8-12/h3-10H,11H2,1-2H3,(H,21,23)/b20-10-. The van der Waals surface area contributed by atoms with Crippen molar-refractivity contribution in [3.8, 4) is 5.75 Å². The third-order valence-corrected chi connectivity index (χ3v) is 5.78. The van der Waals surface area contributed by atoms with Crippen molar-refractivity contribution in [2.75, 3.05) is 20.7 Å². The molecule has 0 aliphatic heterocycles. The number of benzene rings is 2. The van der Waals surface area contributed by atoms with Crippen LogP contribution in [-0.2, 0) is 14.8 Å². The molecule has 144 valence electrons. The molecular formula is C17H17Cl2N3O4S. The number of ether oxygens (including phenoxy) is 1. The molecule has 10 heteroatoms. The summed E-state index contributed by atoms with van der Waals surface area (Å²) in [5, 5.41) is 4.48. The zero-order valence-electron chi connectivity index (χ0n) is 14.5. The third-order valence-electron chi connectivity index (χ3n) is 3.45.